The number of hydrogen-bond donors (Lipinski definition) is 0. The summed E-state index contributed by atoms with van der Waals surface area (Å²) < 4.78 is 13.8. The van der Waals surface area contributed by atoms with Crippen molar-refractivity contribution in [2.24, 2.45) is 10.3 Å². The van der Waals surface area contributed by atoms with Gasteiger partial charge in [0.1, 0.15) is 5.82 Å². The van der Waals surface area contributed by atoms with Crippen molar-refractivity contribution >= 4 is 17.5 Å². The highest BCUT2D eigenvalue weighted by atomic mass is 19.1. The predicted molar refractivity (Wildman–Crippen MR) is 83.3 cm³/mol. The number of amides is 2. The summed E-state index contributed by atoms with van der Waals surface area (Å²) in [5.74, 6) is -1.18. The first-order chi connectivity index (χ1) is 11.7. The molecule has 2 aliphatic heterocycles. The van der Waals surface area contributed by atoms with Crippen LogP contribution in [0.5, 0.6) is 0 Å². The van der Waals surface area contributed by atoms with Crippen LogP contribution in [0.3, 0.4) is 0 Å². The zero-order valence-electron chi connectivity index (χ0n) is 12.5. The second-order valence-electron chi connectivity index (χ2n) is 5.63. The van der Waals surface area contributed by atoms with Crippen molar-refractivity contribution in [3.63, 3.8) is 0 Å². The van der Waals surface area contributed by atoms with Crippen LogP contribution < -0.4 is 4.90 Å². The van der Waals surface area contributed by atoms with Gasteiger partial charge in [-0.05, 0) is 18.2 Å². The summed E-state index contributed by atoms with van der Waals surface area (Å²) in [6.45, 7) is 0.0823. The average molecular weight is 324 g/mol. The lowest BCUT2D eigenvalue weighted by atomic mass is 10.1. The fraction of sp³-hybridized carbons (Fsp3) is 0.176. The zero-order chi connectivity index (χ0) is 16.7. The molecule has 0 saturated carbocycles. The quantitative estimate of drug-likeness (QED) is 0.814. The van der Waals surface area contributed by atoms with E-state index in [1.165, 1.54) is 11.1 Å². The van der Waals surface area contributed by atoms with E-state index >= 15 is 0 Å². The van der Waals surface area contributed by atoms with Gasteiger partial charge in [-0.15, -0.1) is 0 Å². The topological polar surface area (TPSA) is 65.3 Å². The predicted octanol–water partition coefficient (Wildman–Crippen LogP) is 2.32. The van der Waals surface area contributed by atoms with E-state index in [-0.39, 0.29) is 12.4 Å². The normalized spacial score (nSPS) is 22.4. The molecular weight excluding hydrogens is 311 g/mol. The molecule has 0 bridgehead atoms. The molecule has 6 nitrogen and oxygen atoms in total. The number of carbonyl (C=O) groups is 2. The lowest BCUT2D eigenvalue weighted by Crippen LogP contribution is -2.39. The Morgan fingerprint density at radius 1 is 0.958 bits per heavy atom. The van der Waals surface area contributed by atoms with Gasteiger partial charge in [0.2, 0.25) is 0 Å². The van der Waals surface area contributed by atoms with Crippen molar-refractivity contribution in [1.29, 1.82) is 0 Å². The van der Waals surface area contributed by atoms with Gasteiger partial charge in [0.05, 0.1) is 12.2 Å². The van der Waals surface area contributed by atoms with Crippen molar-refractivity contribution in [2.45, 2.75) is 18.6 Å². The lowest BCUT2D eigenvalue weighted by molar-refractivity contribution is -0.123. The van der Waals surface area contributed by atoms with E-state index < -0.39 is 23.9 Å². The summed E-state index contributed by atoms with van der Waals surface area (Å²) in [5.41, 5.74) is 0.901. The van der Waals surface area contributed by atoms with Crippen molar-refractivity contribution in [3.05, 3.63) is 66.0 Å². The fourth-order valence-corrected chi connectivity index (χ4v) is 2.99. The smallest absolute Gasteiger partial charge is 0.263 e. The molecule has 4 rings (SSSR count). The number of nitrogens with zero attached hydrogens (tertiary/aromatic N) is 4. The van der Waals surface area contributed by atoms with Gasteiger partial charge in [-0.3, -0.25) is 14.6 Å². The minimum Gasteiger partial charge on any atom is -0.271 e. The minimum atomic E-state index is -0.871. The van der Waals surface area contributed by atoms with Gasteiger partial charge >= 0.3 is 0 Å². The van der Waals surface area contributed by atoms with E-state index in [4.69, 9.17) is 0 Å². The highest BCUT2D eigenvalue weighted by molar-refractivity contribution is 6.25. The molecular formula is C17H13FN4O2. The zero-order valence-corrected chi connectivity index (χ0v) is 12.5. The van der Waals surface area contributed by atoms with E-state index in [1.54, 1.807) is 48.5 Å². The second-order valence-corrected chi connectivity index (χ2v) is 5.63. The maximum atomic E-state index is 13.8. The first-order valence-corrected chi connectivity index (χ1v) is 7.50. The van der Waals surface area contributed by atoms with Gasteiger partial charge in [0, 0.05) is 5.56 Å². The number of rotatable bonds is 3. The molecule has 2 atom stereocenters. The second kappa shape index (κ2) is 5.52. The van der Waals surface area contributed by atoms with E-state index in [9.17, 15) is 14.0 Å². The Bertz CT molecular complexity index is 839. The Labute approximate surface area is 137 Å². The first kappa shape index (κ1) is 14.5. The molecule has 0 unspecified atom stereocenters. The monoisotopic (exact) mass is 324 g/mol. The van der Waals surface area contributed by atoms with E-state index in [2.05, 4.69) is 10.3 Å². The Morgan fingerprint density at radius 2 is 1.67 bits per heavy atom. The molecule has 2 aliphatic rings. The van der Waals surface area contributed by atoms with Gasteiger partial charge in [0.25, 0.3) is 11.8 Å². The van der Waals surface area contributed by atoms with Gasteiger partial charge in [-0.1, -0.05) is 41.6 Å². The number of benzene rings is 2. The molecule has 2 aromatic rings. The SMILES string of the molecule is O=C1[C@@H]2N=NN(Cc3ccccc3F)[C@H]2C(=O)N1c1ccccc1. The molecule has 120 valence electrons. The van der Waals surface area contributed by atoms with Crippen molar-refractivity contribution < 1.29 is 14.0 Å². The number of hydrogen-bond acceptors (Lipinski definition) is 5. The Kier molecular flexibility index (Phi) is 3.34. The third-order valence-electron chi connectivity index (χ3n) is 4.16. The van der Waals surface area contributed by atoms with Crippen LogP contribution in [0.4, 0.5) is 10.1 Å². The highest BCUT2D eigenvalue weighted by Gasteiger charge is 2.54. The highest BCUT2D eigenvalue weighted by Crippen LogP contribution is 2.32. The lowest BCUT2D eigenvalue weighted by Gasteiger charge is -2.20. The molecule has 0 radical (unpaired) electrons. The van der Waals surface area contributed by atoms with Crippen LogP contribution in [0.2, 0.25) is 0 Å². The van der Waals surface area contributed by atoms with Crippen LogP contribution in [0.1, 0.15) is 5.56 Å². The standard InChI is InChI=1S/C17H13FN4O2/c18-13-9-5-4-6-11(13)10-21-15-14(19-20-21)16(23)22(17(15)24)12-7-2-1-3-8-12/h1-9,14-15H,10H2/t14-,15-/m1/s1. The van der Waals surface area contributed by atoms with Crippen LogP contribution >= 0.6 is 0 Å². The average Bonchev–Trinajstić information content (AvgIpc) is 3.11. The van der Waals surface area contributed by atoms with Crippen LogP contribution in [0.25, 0.3) is 0 Å². The molecule has 0 aromatic heterocycles. The number of halogens is 1. The molecule has 1 saturated heterocycles. The van der Waals surface area contributed by atoms with Gasteiger partial charge in [-0.2, -0.15) is 5.11 Å². The fourth-order valence-electron chi connectivity index (χ4n) is 2.99. The number of para-hydroxylation sites is 1. The number of carbonyl (C=O) groups excluding carboxylic acids is 2. The van der Waals surface area contributed by atoms with Crippen molar-refractivity contribution in [2.75, 3.05) is 4.90 Å². The van der Waals surface area contributed by atoms with Crippen molar-refractivity contribution in [3.8, 4) is 0 Å². The first-order valence-electron chi connectivity index (χ1n) is 7.50. The Hall–Kier alpha value is -3.09. The minimum absolute atomic E-state index is 0.0823. The number of fused-ring (bicyclic) bond motifs is 1. The maximum absolute atomic E-state index is 13.8. The summed E-state index contributed by atoms with van der Waals surface area (Å²) in [7, 11) is 0. The van der Waals surface area contributed by atoms with Crippen molar-refractivity contribution in [1.82, 2.24) is 5.01 Å². The Balaban J connectivity index is 1.62. The van der Waals surface area contributed by atoms with Gasteiger partial charge in [-0.25, -0.2) is 9.29 Å². The summed E-state index contributed by atoms with van der Waals surface area (Å²) in [6, 6.07) is 13.3. The van der Waals surface area contributed by atoms with Crippen LogP contribution in [0.15, 0.2) is 64.9 Å². The molecule has 0 spiro atoms. The molecule has 2 heterocycles. The summed E-state index contributed by atoms with van der Waals surface area (Å²) in [6.07, 6.45) is 0. The number of anilines is 1. The third kappa shape index (κ3) is 2.17. The molecule has 0 aliphatic carbocycles. The van der Waals surface area contributed by atoms with Gasteiger partial charge < -0.3 is 0 Å². The molecule has 24 heavy (non-hydrogen) atoms. The third-order valence-corrected chi connectivity index (χ3v) is 4.16. The van der Waals surface area contributed by atoms with Crippen LogP contribution in [0, 0.1) is 5.82 Å². The summed E-state index contributed by atoms with van der Waals surface area (Å²) >= 11 is 0. The van der Waals surface area contributed by atoms with E-state index in [0.717, 1.165) is 4.90 Å². The molecule has 7 heteroatoms. The van der Waals surface area contributed by atoms with Crippen LogP contribution in [-0.2, 0) is 16.1 Å². The maximum Gasteiger partial charge on any atom is 0.263 e. The molecule has 0 N–H and O–H groups in total. The van der Waals surface area contributed by atoms with Crippen LogP contribution in [-0.4, -0.2) is 28.9 Å². The Morgan fingerprint density at radius 3 is 2.42 bits per heavy atom. The molecule has 2 aromatic carbocycles. The summed E-state index contributed by atoms with van der Waals surface area (Å²) in [5, 5.41) is 9.22. The largest absolute Gasteiger partial charge is 0.271 e. The molecule has 1 fully saturated rings. The van der Waals surface area contributed by atoms with E-state index in [1.807, 2.05) is 0 Å². The van der Waals surface area contributed by atoms with Gasteiger partial charge in [0.15, 0.2) is 12.1 Å². The summed E-state index contributed by atoms with van der Waals surface area (Å²) in [4.78, 5) is 26.4. The number of imide groups is 1. The van der Waals surface area contributed by atoms with E-state index in [0.29, 0.717) is 11.3 Å². The molecule has 2 amide bonds.